The van der Waals surface area contributed by atoms with E-state index in [2.05, 4.69) is 5.32 Å². The summed E-state index contributed by atoms with van der Waals surface area (Å²) >= 11 is 0. The molecule has 4 rings (SSSR count). The normalized spacial score (nSPS) is 15.2. The Morgan fingerprint density at radius 3 is 2.55 bits per heavy atom. The Bertz CT molecular complexity index is 1180. The molecule has 0 saturated carbocycles. The summed E-state index contributed by atoms with van der Waals surface area (Å²) in [5, 5.41) is 3.26. The van der Waals surface area contributed by atoms with Crippen molar-refractivity contribution in [3.8, 4) is 5.75 Å². The van der Waals surface area contributed by atoms with Gasteiger partial charge in [-0.2, -0.15) is 0 Å². The number of amides is 1. The summed E-state index contributed by atoms with van der Waals surface area (Å²) in [6.07, 6.45) is 0. The lowest BCUT2D eigenvalue weighted by atomic mass is 10.1. The Morgan fingerprint density at radius 2 is 1.85 bits per heavy atom. The zero-order valence-electron chi connectivity index (χ0n) is 19.0. The molecular formula is C25H26N4O4. The number of fused-ring (bicyclic) bond motifs is 1. The minimum absolute atomic E-state index is 0.0148. The Morgan fingerprint density at radius 1 is 1.09 bits per heavy atom. The van der Waals surface area contributed by atoms with Gasteiger partial charge in [0.1, 0.15) is 17.6 Å². The SMILES string of the molecule is COC(=O)c1ccc(Nc2ccc3c(n2)N(Cc2ccccc2)C(C)C(=O)N3C)c(OC)c1. The van der Waals surface area contributed by atoms with Crippen LogP contribution in [0.4, 0.5) is 23.0 Å². The number of esters is 1. The van der Waals surface area contributed by atoms with E-state index in [1.54, 1.807) is 30.1 Å². The lowest BCUT2D eigenvalue weighted by Crippen LogP contribution is -2.50. The Labute approximate surface area is 192 Å². The highest BCUT2D eigenvalue weighted by molar-refractivity contribution is 6.04. The molecular weight excluding hydrogens is 420 g/mol. The molecule has 0 saturated heterocycles. The summed E-state index contributed by atoms with van der Waals surface area (Å²) < 4.78 is 10.2. The lowest BCUT2D eigenvalue weighted by Gasteiger charge is -2.39. The van der Waals surface area contributed by atoms with Crippen LogP contribution in [0.2, 0.25) is 0 Å². The first kappa shape index (κ1) is 22.1. The van der Waals surface area contributed by atoms with Crippen LogP contribution in [0.5, 0.6) is 5.75 Å². The van der Waals surface area contributed by atoms with Gasteiger partial charge < -0.3 is 24.6 Å². The first-order valence-corrected chi connectivity index (χ1v) is 10.6. The van der Waals surface area contributed by atoms with Crippen molar-refractivity contribution in [1.82, 2.24) is 4.98 Å². The molecule has 1 unspecified atom stereocenters. The second-order valence-electron chi connectivity index (χ2n) is 7.76. The first-order chi connectivity index (χ1) is 15.9. The summed E-state index contributed by atoms with van der Waals surface area (Å²) in [5.41, 5.74) is 2.88. The first-order valence-electron chi connectivity index (χ1n) is 10.6. The Balaban J connectivity index is 1.69. The maximum Gasteiger partial charge on any atom is 0.337 e. The number of ether oxygens (including phenoxy) is 2. The van der Waals surface area contributed by atoms with Crippen molar-refractivity contribution >= 4 is 34.9 Å². The standard InChI is InChI=1S/C25H26N4O4/c1-16-24(30)28(2)20-12-13-22(27-23(20)29(16)15-17-8-6-5-7-9-17)26-19-11-10-18(25(31)33-4)14-21(19)32-3/h5-14,16H,15H2,1-4H3,(H,26,27). The van der Waals surface area contributed by atoms with E-state index in [0.717, 1.165) is 11.3 Å². The molecule has 0 radical (unpaired) electrons. The van der Waals surface area contributed by atoms with Gasteiger partial charge in [0, 0.05) is 13.6 Å². The van der Waals surface area contributed by atoms with E-state index in [0.29, 0.717) is 35.2 Å². The van der Waals surface area contributed by atoms with Gasteiger partial charge in [-0.3, -0.25) is 4.79 Å². The summed E-state index contributed by atoms with van der Waals surface area (Å²) in [4.78, 5) is 33.2. The topological polar surface area (TPSA) is 84.0 Å². The average Bonchev–Trinajstić information content (AvgIpc) is 2.85. The highest BCUT2D eigenvalue weighted by Gasteiger charge is 2.34. The summed E-state index contributed by atoms with van der Waals surface area (Å²) in [5.74, 6) is 1.36. The van der Waals surface area contributed by atoms with Gasteiger partial charge in [0.2, 0.25) is 5.91 Å². The number of rotatable bonds is 6. The number of likely N-dealkylation sites (N-methyl/N-ethyl adjacent to an activating group) is 1. The number of hydrogen-bond acceptors (Lipinski definition) is 7. The number of carbonyl (C=O) groups excluding carboxylic acids is 2. The van der Waals surface area contributed by atoms with Crippen LogP contribution in [0.25, 0.3) is 0 Å². The fourth-order valence-electron chi connectivity index (χ4n) is 3.87. The maximum atomic E-state index is 12.8. The van der Waals surface area contributed by atoms with Gasteiger partial charge >= 0.3 is 5.97 Å². The highest BCUT2D eigenvalue weighted by Crippen LogP contribution is 2.37. The number of nitrogens with zero attached hydrogens (tertiary/aromatic N) is 3. The molecule has 1 amide bonds. The van der Waals surface area contributed by atoms with Crippen LogP contribution in [0, 0.1) is 0 Å². The monoisotopic (exact) mass is 446 g/mol. The molecule has 0 aliphatic carbocycles. The van der Waals surface area contributed by atoms with E-state index in [-0.39, 0.29) is 11.9 Å². The van der Waals surface area contributed by atoms with Crippen molar-refractivity contribution in [2.45, 2.75) is 19.5 Å². The van der Waals surface area contributed by atoms with Crippen LogP contribution in [0.3, 0.4) is 0 Å². The molecule has 8 nitrogen and oxygen atoms in total. The van der Waals surface area contributed by atoms with Crippen LogP contribution < -0.4 is 19.9 Å². The average molecular weight is 447 g/mol. The molecule has 0 spiro atoms. The Hall–Kier alpha value is -4.07. The van der Waals surface area contributed by atoms with Crippen molar-refractivity contribution in [2.24, 2.45) is 0 Å². The number of methoxy groups -OCH3 is 2. The lowest BCUT2D eigenvalue weighted by molar-refractivity contribution is -0.119. The number of aromatic nitrogens is 1. The fourth-order valence-corrected chi connectivity index (χ4v) is 3.87. The second-order valence-corrected chi connectivity index (χ2v) is 7.76. The highest BCUT2D eigenvalue weighted by atomic mass is 16.5. The molecule has 1 aliphatic rings. The van der Waals surface area contributed by atoms with Gasteiger partial charge in [-0.05, 0) is 42.8 Å². The number of anilines is 4. The number of nitrogens with one attached hydrogen (secondary N) is 1. The molecule has 1 aromatic heterocycles. The third-order valence-corrected chi connectivity index (χ3v) is 5.72. The number of benzene rings is 2. The van der Waals surface area contributed by atoms with Crippen LogP contribution in [0.15, 0.2) is 60.7 Å². The summed E-state index contributed by atoms with van der Waals surface area (Å²) in [6.45, 7) is 2.45. The molecule has 33 heavy (non-hydrogen) atoms. The van der Waals surface area contributed by atoms with E-state index in [1.165, 1.54) is 14.2 Å². The Kier molecular flexibility index (Phi) is 6.17. The third-order valence-electron chi connectivity index (χ3n) is 5.72. The molecule has 8 heteroatoms. The van der Waals surface area contributed by atoms with E-state index in [4.69, 9.17) is 14.5 Å². The predicted octanol–water partition coefficient (Wildman–Crippen LogP) is 3.99. The predicted molar refractivity (Wildman–Crippen MR) is 127 cm³/mol. The van der Waals surface area contributed by atoms with E-state index < -0.39 is 5.97 Å². The second kappa shape index (κ2) is 9.20. The zero-order valence-corrected chi connectivity index (χ0v) is 19.0. The zero-order chi connectivity index (χ0) is 23.5. The van der Waals surface area contributed by atoms with E-state index in [9.17, 15) is 9.59 Å². The molecule has 1 atom stereocenters. The van der Waals surface area contributed by atoms with Gasteiger partial charge in [-0.25, -0.2) is 9.78 Å². The van der Waals surface area contributed by atoms with Crippen LogP contribution >= 0.6 is 0 Å². The van der Waals surface area contributed by atoms with Crippen LogP contribution in [-0.2, 0) is 16.1 Å². The molecule has 170 valence electrons. The van der Waals surface area contributed by atoms with Crippen molar-refractivity contribution in [1.29, 1.82) is 0 Å². The largest absolute Gasteiger partial charge is 0.495 e. The molecule has 1 aliphatic heterocycles. The summed E-state index contributed by atoms with van der Waals surface area (Å²) in [6, 6.07) is 18.3. The van der Waals surface area contributed by atoms with Gasteiger partial charge in [-0.1, -0.05) is 30.3 Å². The molecule has 3 aromatic rings. The van der Waals surface area contributed by atoms with E-state index in [1.807, 2.05) is 54.3 Å². The molecule has 0 fully saturated rings. The molecule has 2 heterocycles. The van der Waals surface area contributed by atoms with Crippen molar-refractivity contribution < 1.29 is 19.1 Å². The van der Waals surface area contributed by atoms with Gasteiger partial charge in [-0.15, -0.1) is 0 Å². The van der Waals surface area contributed by atoms with Crippen molar-refractivity contribution in [2.75, 3.05) is 36.4 Å². The molecule has 1 N–H and O–H groups in total. The third kappa shape index (κ3) is 4.32. The van der Waals surface area contributed by atoms with Crippen molar-refractivity contribution in [3.63, 3.8) is 0 Å². The number of hydrogen-bond donors (Lipinski definition) is 1. The van der Waals surface area contributed by atoms with Crippen LogP contribution in [0.1, 0.15) is 22.8 Å². The minimum atomic E-state index is -0.440. The van der Waals surface area contributed by atoms with Gasteiger partial charge in [0.05, 0.1) is 31.2 Å². The van der Waals surface area contributed by atoms with Crippen molar-refractivity contribution in [3.05, 3.63) is 71.8 Å². The van der Waals surface area contributed by atoms with E-state index >= 15 is 0 Å². The quantitative estimate of drug-likeness (QED) is 0.573. The van der Waals surface area contributed by atoms with Crippen LogP contribution in [-0.4, -0.2) is 44.2 Å². The molecule has 0 bridgehead atoms. The smallest absolute Gasteiger partial charge is 0.337 e. The number of pyridine rings is 1. The fraction of sp³-hybridized carbons (Fsp3) is 0.240. The molecule has 2 aromatic carbocycles. The number of carbonyl (C=O) groups is 2. The minimum Gasteiger partial charge on any atom is -0.495 e. The summed E-state index contributed by atoms with van der Waals surface area (Å²) in [7, 11) is 4.63. The van der Waals surface area contributed by atoms with Gasteiger partial charge in [0.25, 0.3) is 0 Å². The van der Waals surface area contributed by atoms with Gasteiger partial charge in [0.15, 0.2) is 5.82 Å². The maximum absolute atomic E-state index is 12.8.